The summed E-state index contributed by atoms with van der Waals surface area (Å²) in [5.41, 5.74) is 1.59. The molecule has 1 aromatic carbocycles. The molecule has 22 heavy (non-hydrogen) atoms. The minimum atomic E-state index is -0.194. The maximum atomic E-state index is 12.1. The fraction of sp³-hybridized carbons (Fsp3) is 0.188. The highest BCUT2D eigenvalue weighted by Crippen LogP contribution is 2.34. The predicted octanol–water partition coefficient (Wildman–Crippen LogP) is 1.84. The fourth-order valence-corrected chi connectivity index (χ4v) is 3.15. The Morgan fingerprint density at radius 1 is 1.23 bits per heavy atom. The number of para-hydroxylation sites is 1. The average Bonchev–Trinajstić information content (AvgIpc) is 2.56. The summed E-state index contributed by atoms with van der Waals surface area (Å²) in [7, 11) is 0. The first-order valence-corrected chi connectivity index (χ1v) is 7.91. The van der Waals surface area contributed by atoms with E-state index in [1.165, 1.54) is 11.8 Å². The van der Waals surface area contributed by atoms with E-state index in [-0.39, 0.29) is 18.4 Å². The largest absolute Gasteiger partial charge is 0.349 e. The van der Waals surface area contributed by atoms with Crippen LogP contribution in [0.5, 0.6) is 0 Å². The Balaban J connectivity index is 1.65. The van der Waals surface area contributed by atoms with Crippen LogP contribution in [0.3, 0.4) is 0 Å². The van der Waals surface area contributed by atoms with Crippen molar-refractivity contribution >= 4 is 29.3 Å². The molecule has 6 heteroatoms. The standard InChI is InChI=1S/C16H15N3O2S/c20-15(18-9-12-5-3-4-8-17-12)10-19-13-6-1-2-7-14(13)22-11-16(19)21/h1-8H,9-11H2,(H,18,20). The number of anilines is 1. The number of fused-ring (bicyclic) bond motifs is 1. The Labute approximate surface area is 132 Å². The lowest BCUT2D eigenvalue weighted by molar-refractivity contribution is -0.123. The van der Waals surface area contributed by atoms with Gasteiger partial charge in [-0.2, -0.15) is 0 Å². The number of nitrogens with one attached hydrogen (secondary N) is 1. The van der Waals surface area contributed by atoms with Crippen molar-refractivity contribution in [1.82, 2.24) is 10.3 Å². The minimum absolute atomic E-state index is 0.0310. The van der Waals surface area contributed by atoms with E-state index in [2.05, 4.69) is 10.3 Å². The van der Waals surface area contributed by atoms with Crippen LogP contribution in [-0.2, 0) is 16.1 Å². The van der Waals surface area contributed by atoms with Crippen molar-refractivity contribution in [3.05, 3.63) is 54.4 Å². The first-order chi connectivity index (χ1) is 10.7. The second-order valence-electron chi connectivity index (χ2n) is 4.83. The van der Waals surface area contributed by atoms with Crippen LogP contribution >= 0.6 is 11.8 Å². The fourth-order valence-electron chi connectivity index (χ4n) is 2.22. The van der Waals surface area contributed by atoms with E-state index in [0.29, 0.717) is 12.3 Å². The van der Waals surface area contributed by atoms with Crippen LogP contribution in [0.25, 0.3) is 0 Å². The number of carbonyl (C=O) groups excluding carboxylic acids is 2. The van der Waals surface area contributed by atoms with Crippen molar-refractivity contribution in [3.8, 4) is 0 Å². The zero-order chi connectivity index (χ0) is 15.4. The molecule has 0 spiro atoms. The summed E-state index contributed by atoms with van der Waals surface area (Å²) >= 11 is 1.50. The van der Waals surface area contributed by atoms with E-state index in [4.69, 9.17) is 0 Å². The van der Waals surface area contributed by atoms with Gasteiger partial charge in [-0.05, 0) is 24.3 Å². The number of rotatable bonds is 4. The molecule has 0 unspecified atom stereocenters. The lowest BCUT2D eigenvalue weighted by atomic mass is 10.2. The molecule has 0 atom stereocenters. The van der Waals surface area contributed by atoms with Crippen molar-refractivity contribution in [2.75, 3.05) is 17.2 Å². The molecular weight excluding hydrogens is 298 g/mol. The van der Waals surface area contributed by atoms with Crippen molar-refractivity contribution in [2.24, 2.45) is 0 Å². The van der Waals surface area contributed by atoms with Gasteiger partial charge in [0.1, 0.15) is 6.54 Å². The maximum Gasteiger partial charge on any atom is 0.240 e. The summed E-state index contributed by atoms with van der Waals surface area (Å²) < 4.78 is 0. The number of carbonyl (C=O) groups is 2. The van der Waals surface area contributed by atoms with Gasteiger partial charge >= 0.3 is 0 Å². The molecule has 0 radical (unpaired) electrons. The third kappa shape index (κ3) is 3.28. The normalized spacial score (nSPS) is 13.6. The Morgan fingerprint density at radius 2 is 2.05 bits per heavy atom. The molecule has 0 saturated carbocycles. The summed E-state index contributed by atoms with van der Waals surface area (Å²) in [6.07, 6.45) is 1.68. The van der Waals surface area contributed by atoms with Crippen LogP contribution in [0.4, 0.5) is 5.69 Å². The number of hydrogen-bond donors (Lipinski definition) is 1. The Morgan fingerprint density at radius 3 is 2.86 bits per heavy atom. The number of aromatic nitrogens is 1. The van der Waals surface area contributed by atoms with Gasteiger partial charge in [0, 0.05) is 11.1 Å². The lowest BCUT2D eigenvalue weighted by Crippen LogP contribution is -2.43. The number of benzene rings is 1. The smallest absolute Gasteiger partial charge is 0.240 e. The molecular formula is C16H15N3O2S. The number of hydrogen-bond acceptors (Lipinski definition) is 4. The van der Waals surface area contributed by atoms with Crippen molar-refractivity contribution in [2.45, 2.75) is 11.4 Å². The maximum absolute atomic E-state index is 12.1. The monoisotopic (exact) mass is 313 g/mol. The van der Waals surface area contributed by atoms with E-state index >= 15 is 0 Å². The first kappa shape index (κ1) is 14.6. The molecule has 1 aliphatic heterocycles. The van der Waals surface area contributed by atoms with Gasteiger partial charge in [0.2, 0.25) is 11.8 Å². The van der Waals surface area contributed by atoms with Crippen LogP contribution in [0.1, 0.15) is 5.69 Å². The molecule has 2 amide bonds. The molecule has 1 N–H and O–H groups in total. The number of nitrogens with zero attached hydrogens (tertiary/aromatic N) is 2. The number of thioether (sulfide) groups is 1. The molecule has 2 heterocycles. The van der Waals surface area contributed by atoms with Crippen LogP contribution in [-0.4, -0.2) is 29.1 Å². The second kappa shape index (κ2) is 6.62. The van der Waals surface area contributed by atoms with Gasteiger partial charge in [-0.1, -0.05) is 18.2 Å². The van der Waals surface area contributed by atoms with Crippen molar-refractivity contribution in [3.63, 3.8) is 0 Å². The molecule has 112 valence electrons. The number of amides is 2. The lowest BCUT2D eigenvalue weighted by Gasteiger charge is -2.28. The molecule has 3 rings (SSSR count). The topological polar surface area (TPSA) is 62.3 Å². The second-order valence-corrected chi connectivity index (χ2v) is 5.85. The number of pyridine rings is 1. The van der Waals surface area contributed by atoms with E-state index < -0.39 is 0 Å². The Hall–Kier alpha value is -2.34. The van der Waals surface area contributed by atoms with Crippen molar-refractivity contribution in [1.29, 1.82) is 0 Å². The average molecular weight is 313 g/mol. The predicted molar refractivity (Wildman–Crippen MR) is 85.6 cm³/mol. The van der Waals surface area contributed by atoms with E-state index in [9.17, 15) is 9.59 Å². The molecule has 1 aromatic heterocycles. The van der Waals surface area contributed by atoms with E-state index in [0.717, 1.165) is 16.3 Å². The highest BCUT2D eigenvalue weighted by atomic mass is 32.2. The molecule has 0 fully saturated rings. The Kier molecular flexibility index (Phi) is 4.39. The van der Waals surface area contributed by atoms with E-state index in [1.54, 1.807) is 11.1 Å². The third-order valence-corrected chi connectivity index (χ3v) is 4.35. The molecule has 0 bridgehead atoms. The van der Waals surface area contributed by atoms with Gasteiger partial charge < -0.3 is 10.2 Å². The highest BCUT2D eigenvalue weighted by Gasteiger charge is 2.25. The van der Waals surface area contributed by atoms with Crippen LogP contribution in [0, 0.1) is 0 Å². The minimum Gasteiger partial charge on any atom is -0.349 e. The third-order valence-electron chi connectivity index (χ3n) is 3.30. The highest BCUT2D eigenvalue weighted by molar-refractivity contribution is 8.00. The van der Waals surface area contributed by atoms with Crippen LogP contribution in [0.2, 0.25) is 0 Å². The summed E-state index contributed by atoms with van der Waals surface area (Å²) in [6.45, 7) is 0.390. The summed E-state index contributed by atoms with van der Waals surface area (Å²) in [5, 5.41) is 2.80. The summed E-state index contributed by atoms with van der Waals surface area (Å²) in [5.74, 6) is 0.127. The van der Waals surface area contributed by atoms with Crippen LogP contribution in [0.15, 0.2) is 53.6 Å². The summed E-state index contributed by atoms with van der Waals surface area (Å²) in [4.78, 5) is 30.9. The van der Waals surface area contributed by atoms with Gasteiger partial charge in [-0.15, -0.1) is 11.8 Å². The van der Waals surface area contributed by atoms with Gasteiger partial charge in [0.15, 0.2) is 0 Å². The molecule has 5 nitrogen and oxygen atoms in total. The van der Waals surface area contributed by atoms with Gasteiger partial charge in [-0.3, -0.25) is 14.6 Å². The first-order valence-electron chi connectivity index (χ1n) is 6.93. The zero-order valence-corrected chi connectivity index (χ0v) is 12.7. The Bertz CT molecular complexity index is 691. The van der Waals surface area contributed by atoms with Gasteiger partial charge in [0.05, 0.1) is 23.7 Å². The van der Waals surface area contributed by atoms with Gasteiger partial charge in [0.25, 0.3) is 0 Å². The quantitative estimate of drug-likeness (QED) is 0.935. The molecule has 2 aromatic rings. The summed E-state index contributed by atoms with van der Waals surface area (Å²) in [6, 6.07) is 13.2. The van der Waals surface area contributed by atoms with Gasteiger partial charge in [-0.25, -0.2) is 0 Å². The molecule has 0 saturated heterocycles. The van der Waals surface area contributed by atoms with Crippen LogP contribution < -0.4 is 10.2 Å². The zero-order valence-electron chi connectivity index (χ0n) is 11.9. The SMILES string of the molecule is O=C(CN1C(=O)CSc2ccccc21)NCc1ccccn1. The molecule has 1 aliphatic rings. The molecule has 0 aliphatic carbocycles. The van der Waals surface area contributed by atoms with Crippen molar-refractivity contribution < 1.29 is 9.59 Å². The van der Waals surface area contributed by atoms with E-state index in [1.807, 2.05) is 42.5 Å².